The molecule has 1 saturated heterocycles. The Labute approximate surface area is 196 Å². The fraction of sp³-hybridized carbons (Fsp3) is 0.280. The number of fused-ring (bicyclic) bond motifs is 1. The van der Waals surface area contributed by atoms with Gasteiger partial charge in [-0.3, -0.25) is 14.0 Å². The van der Waals surface area contributed by atoms with E-state index in [9.17, 15) is 14.9 Å². The van der Waals surface area contributed by atoms with Gasteiger partial charge in [0.1, 0.15) is 34.4 Å². The normalized spacial score (nSPS) is 15.7. The highest BCUT2D eigenvalue weighted by Gasteiger charge is 2.20. The van der Waals surface area contributed by atoms with Crippen LogP contribution < -0.4 is 20.3 Å². The molecule has 0 spiro atoms. The Morgan fingerprint density at radius 1 is 1.32 bits per heavy atom. The van der Waals surface area contributed by atoms with Crippen LogP contribution in [0.5, 0.6) is 17.4 Å². The first-order valence-corrected chi connectivity index (χ1v) is 10.9. The van der Waals surface area contributed by atoms with Crippen molar-refractivity contribution in [1.29, 1.82) is 5.26 Å². The zero-order valence-corrected chi connectivity index (χ0v) is 18.9. The van der Waals surface area contributed by atoms with Crippen LogP contribution in [0.25, 0.3) is 11.7 Å². The van der Waals surface area contributed by atoms with Gasteiger partial charge in [0.05, 0.1) is 13.2 Å². The van der Waals surface area contributed by atoms with E-state index in [4.69, 9.17) is 14.2 Å². The van der Waals surface area contributed by atoms with E-state index in [0.717, 1.165) is 18.4 Å². The molecule has 2 aromatic heterocycles. The molecular formula is C25H24N4O5. The lowest BCUT2D eigenvalue weighted by Gasteiger charge is -2.12. The van der Waals surface area contributed by atoms with Crippen LogP contribution in [0.3, 0.4) is 0 Å². The molecule has 0 saturated carbocycles. The van der Waals surface area contributed by atoms with Crippen LogP contribution in [0, 0.1) is 18.3 Å². The number of carbonyl (C=O) groups is 1. The monoisotopic (exact) mass is 460 g/mol. The summed E-state index contributed by atoms with van der Waals surface area (Å²) in [4.78, 5) is 30.5. The molecule has 1 N–H and O–H groups in total. The molecule has 1 aromatic carbocycles. The fourth-order valence-corrected chi connectivity index (χ4v) is 3.65. The van der Waals surface area contributed by atoms with Gasteiger partial charge in [-0.05, 0) is 61.7 Å². The third kappa shape index (κ3) is 4.92. The first-order valence-electron chi connectivity index (χ1n) is 10.9. The number of nitrogens with one attached hydrogen (secondary N) is 1. The van der Waals surface area contributed by atoms with Crippen molar-refractivity contribution in [2.75, 3.05) is 20.3 Å². The first-order chi connectivity index (χ1) is 16.5. The van der Waals surface area contributed by atoms with E-state index < -0.39 is 11.5 Å². The van der Waals surface area contributed by atoms with Crippen molar-refractivity contribution < 1.29 is 19.0 Å². The fourth-order valence-electron chi connectivity index (χ4n) is 3.65. The van der Waals surface area contributed by atoms with Gasteiger partial charge in [-0.2, -0.15) is 10.2 Å². The number of benzene rings is 1. The Hall–Kier alpha value is -4.16. The maximum Gasteiger partial charge on any atom is 0.269 e. The Kier molecular flexibility index (Phi) is 6.90. The zero-order chi connectivity index (χ0) is 24.1. The number of ether oxygens (including phenoxy) is 3. The molecule has 1 aliphatic rings. The van der Waals surface area contributed by atoms with E-state index in [1.807, 2.05) is 19.1 Å². The number of nitriles is 1. The molecule has 1 aliphatic heterocycles. The van der Waals surface area contributed by atoms with Crippen molar-refractivity contribution in [1.82, 2.24) is 14.7 Å². The van der Waals surface area contributed by atoms with E-state index in [1.165, 1.54) is 10.5 Å². The van der Waals surface area contributed by atoms with Crippen molar-refractivity contribution in [3.8, 4) is 23.4 Å². The van der Waals surface area contributed by atoms with Gasteiger partial charge >= 0.3 is 0 Å². The number of amides is 1. The van der Waals surface area contributed by atoms with Crippen LogP contribution in [0.2, 0.25) is 0 Å². The van der Waals surface area contributed by atoms with Crippen molar-refractivity contribution in [2.24, 2.45) is 0 Å². The highest BCUT2D eigenvalue weighted by Crippen LogP contribution is 2.26. The second kappa shape index (κ2) is 10.2. The number of hydrogen-bond acceptors (Lipinski definition) is 7. The van der Waals surface area contributed by atoms with Gasteiger partial charge in [0.25, 0.3) is 11.5 Å². The quantitative estimate of drug-likeness (QED) is 0.426. The van der Waals surface area contributed by atoms with E-state index in [0.29, 0.717) is 30.3 Å². The van der Waals surface area contributed by atoms with Crippen molar-refractivity contribution in [2.45, 2.75) is 25.9 Å². The highest BCUT2D eigenvalue weighted by atomic mass is 16.5. The molecule has 3 aromatic rings. The van der Waals surface area contributed by atoms with Gasteiger partial charge in [0.15, 0.2) is 0 Å². The molecule has 3 heterocycles. The van der Waals surface area contributed by atoms with Gasteiger partial charge in [-0.25, -0.2) is 0 Å². The smallest absolute Gasteiger partial charge is 0.269 e. The maximum atomic E-state index is 13.4. The van der Waals surface area contributed by atoms with Crippen LogP contribution in [-0.4, -0.2) is 41.7 Å². The lowest BCUT2D eigenvalue weighted by molar-refractivity contribution is -0.117. The second-order valence-corrected chi connectivity index (χ2v) is 7.81. The Balaban J connectivity index is 1.74. The number of nitrogens with zero attached hydrogens (tertiary/aromatic N) is 3. The van der Waals surface area contributed by atoms with Gasteiger partial charge < -0.3 is 19.5 Å². The van der Waals surface area contributed by atoms with Crippen molar-refractivity contribution >= 4 is 17.6 Å². The van der Waals surface area contributed by atoms with Gasteiger partial charge in [-0.1, -0.05) is 6.07 Å². The van der Waals surface area contributed by atoms with E-state index >= 15 is 0 Å². The summed E-state index contributed by atoms with van der Waals surface area (Å²) in [6.07, 6.45) is 4.51. The minimum atomic E-state index is -0.595. The number of hydrogen-bond donors (Lipinski definition) is 1. The average Bonchev–Trinajstić information content (AvgIpc) is 3.37. The van der Waals surface area contributed by atoms with E-state index in [1.54, 1.807) is 43.6 Å². The topological polar surface area (TPSA) is 115 Å². The summed E-state index contributed by atoms with van der Waals surface area (Å²) in [6.45, 7) is 2.78. The average molecular weight is 460 g/mol. The third-order valence-electron chi connectivity index (χ3n) is 5.49. The van der Waals surface area contributed by atoms with E-state index in [2.05, 4.69) is 10.3 Å². The Morgan fingerprint density at radius 2 is 2.09 bits per heavy atom. The molecule has 9 nitrogen and oxygen atoms in total. The molecule has 1 atom stereocenters. The predicted molar refractivity (Wildman–Crippen MR) is 125 cm³/mol. The summed E-state index contributed by atoms with van der Waals surface area (Å²) in [7, 11) is 1.56. The molecule has 174 valence electrons. The van der Waals surface area contributed by atoms with Crippen LogP contribution >= 0.6 is 0 Å². The molecular weight excluding hydrogens is 436 g/mol. The molecule has 0 aliphatic carbocycles. The summed E-state index contributed by atoms with van der Waals surface area (Å²) in [5.74, 6) is 0.456. The highest BCUT2D eigenvalue weighted by molar-refractivity contribution is 6.01. The lowest BCUT2D eigenvalue weighted by atomic mass is 10.1. The summed E-state index contributed by atoms with van der Waals surface area (Å²) >= 11 is 0. The first kappa shape index (κ1) is 23.0. The number of methoxy groups -OCH3 is 1. The summed E-state index contributed by atoms with van der Waals surface area (Å²) in [6, 6.07) is 12.2. The zero-order valence-electron chi connectivity index (χ0n) is 18.9. The van der Waals surface area contributed by atoms with Crippen LogP contribution in [0.15, 0.2) is 53.0 Å². The number of pyridine rings is 1. The standard InChI is InChI=1S/C25H24N4O5/c1-16-5-3-11-29-22(16)28-24(34-19-9-7-18(32-2)8-10-19)21(25(29)31)13-17(14-26)23(30)27-15-20-6-4-12-33-20/h3,5,7-11,13,20H,4,6,12,15H2,1-2H3,(H,27,30). The maximum absolute atomic E-state index is 13.4. The number of carbonyl (C=O) groups excluding carboxylic acids is 1. The second-order valence-electron chi connectivity index (χ2n) is 7.81. The largest absolute Gasteiger partial charge is 0.497 e. The Morgan fingerprint density at radius 3 is 2.76 bits per heavy atom. The van der Waals surface area contributed by atoms with Crippen LogP contribution in [-0.2, 0) is 9.53 Å². The minimum Gasteiger partial charge on any atom is -0.497 e. The third-order valence-corrected chi connectivity index (χ3v) is 5.49. The molecule has 1 amide bonds. The van der Waals surface area contributed by atoms with Gasteiger partial charge in [0.2, 0.25) is 5.88 Å². The Bertz CT molecular complexity index is 1330. The SMILES string of the molecule is COc1ccc(Oc2nc3c(C)cccn3c(=O)c2C=C(C#N)C(=O)NCC2CCCO2)cc1. The molecule has 0 radical (unpaired) electrons. The number of aryl methyl sites for hydroxylation is 1. The molecule has 9 heteroatoms. The lowest BCUT2D eigenvalue weighted by Crippen LogP contribution is -2.32. The minimum absolute atomic E-state index is 0.0101. The molecule has 0 bridgehead atoms. The predicted octanol–water partition coefficient (Wildman–Crippen LogP) is 3.01. The number of aromatic nitrogens is 2. The van der Waals surface area contributed by atoms with Crippen LogP contribution in [0.1, 0.15) is 24.0 Å². The summed E-state index contributed by atoms with van der Waals surface area (Å²) < 4.78 is 18.0. The number of rotatable bonds is 7. The van der Waals surface area contributed by atoms with E-state index in [-0.39, 0.29) is 23.1 Å². The summed E-state index contributed by atoms with van der Waals surface area (Å²) in [5.41, 5.74) is 0.475. The van der Waals surface area contributed by atoms with Crippen molar-refractivity contribution in [3.63, 3.8) is 0 Å². The molecule has 4 rings (SSSR count). The molecule has 34 heavy (non-hydrogen) atoms. The van der Waals surface area contributed by atoms with Crippen molar-refractivity contribution in [3.05, 3.63) is 69.6 Å². The summed E-state index contributed by atoms with van der Waals surface area (Å²) in [5, 5.41) is 12.3. The molecule has 1 unspecified atom stereocenters. The molecule has 1 fully saturated rings. The van der Waals surface area contributed by atoms with Crippen LogP contribution in [0.4, 0.5) is 0 Å². The van der Waals surface area contributed by atoms with Gasteiger partial charge in [-0.15, -0.1) is 0 Å². The van der Waals surface area contributed by atoms with Gasteiger partial charge in [0, 0.05) is 19.3 Å².